The van der Waals surface area contributed by atoms with Crippen molar-refractivity contribution < 1.29 is 4.79 Å². The fourth-order valence-corrected chi connectivity index (χ4v) is 2.68. The average Bonchev–Trinajstić information content (AvgIpc) is 2.74. The van der Waals surface area contributed by atoms with Crippen LogP contribution in [0.1, 0.15) is 37.3 Å². The SMILES string of the molecule is CCN(CC)c1cccc2c1C(C=O)CC2. The monoisotopic (exact) mass is 217 g/mol. The Morgan fingerprint density at radius 3 is 2.75 bits per heavy atom. The van der Waals surface area contributed by atoms with E-state index in [1.165, 1.54) is 16.8 Å². The summed E-state index contributed by atoms with van der Waals surface area (Å²) in [5.74, 6) is 0.117. The molecule has 86 valence electrons. The number of hydrogen-bond acceptors (Lipinski definition) is 2. The normalized spacial score (nSPS) is 18.2. The van der Waals surface area contributed by atoms with Crippen LogP contribution >= 0.6 is 0 Å². The van der Waals surface area contributed by atoms with Crippen molar-refractivity contribution in [3.05, 3.63) is 29.3 Å². The highest BCUT2D eigenvalue weighted by Gasteiger charge is 2.26. The van der Waals surface area contributed by atoms with Crippen LogP contribution in [0.5, 0.6) is 0 Å². The van der Waals surface area contributed by atoms with Gasteiger partial charge in [0.25, 0.3) is 0 Å². The predicted octanol–water partition coefficient (Wildman–Crippen LogP) is 2.76. The fraction of sp³-hybridized carbons (Fsp3) is 0.500. The molecule has 0 heterocycles. The molecule has 1 aliphatic rings. The number of hydrogen-bond donors (Lipinski definition) is 0. The van der Waals surface area contributed by atoms with Crippen LogP contribution in [-0.2, 0) is 11.2 Å². The average molecular weight is 217 g/mol. The third-order valence-corrected chi connectivity index (χ3v) is 3.54. The van der Waals surface area contributed by atoms with Crippen molar-refractivity contribution in [2.45, 2.75) is 32.6 Å². The molecule has 1 aliphatic carbocycles. The third kappa shape index (κ3) is 1.73. The molecule has 2 nitrogen and oxygen atoms in total. The van der Waals surface area contributed by atoms with E-state index in [-0.39, 0.29) is 5.92 Å². The van der Waals surface area contributed by atoms with Crippen molar-refractivity contribution in [1.82, 2.24) is 0 Å². The molecule has 0 amide bonds. The van der Waals surface area contributed by atoms with Gasteiger partial charge in [-0.25, -0.2) is 0 Å². The summed E-state index contributed by atoms with van der Waals surface area (Å²) >= 11 is 0. The minimum atomic E-state index is 0.117. The minimum Gasteiger partial charge on any atom is -0.372 e. The number of aryl methyl sites for hydroxylation is 1. The summed E-state index contributed by atoms with van der Waals surface area (Å²) in [5, 5.41) is 0. The number of anilines is 1. The van der Waals surface area contributed by atoms with Gasteiger partial charge in [-0.2, -0.15) is 0 Å². The maximum Gasteiger partial charge on any atom is 0.127 e. The molecule has 0 saturated carbocycles. The van der Waals surface area contributed by atoms with Gasteiger partial charge in [-0.15, -0.1) is 0 Å². The lowest BCUT2D eigenvalue weighted by Crippen LogP contribution is -2.23. The second-order valence-corrected chi connectivity index (χ2v) is 4.30. The Kier molecular flexibility index (Phi) is 3.28. The van der Waals surface area contributed by atoms with E-state index in [2.05, 4.69) is 36.9 Å². The van der Waals surface area contributed by atoms with E-state index in [0.29, 0.717) is 0 Å². The lowest BCUT2D eigenvalue weighted by molar-refractivity contribution is -0.109. The molecule has 16 heavy (non-hydrogen) atoms. The molecule has 1 unspecified atom stereocenters. The maximum atomic E-state index is 11.1. The highest BCUT2D eigenvalue weighted by atomic mass is 16.1. The summed E-state index contributed by atoms with van der Waals surface area (Å²) in [6.07, 6.45) is 3.14. The molecule has 0 saturated heterocycles. The van der Waals surface area contributed by atoms with Crippen LogP contribution < -0.4 is 4.90 Å². The van der Waals surface area contributed by atoms with Crippen molar-refractivity contribution in [3.8, 4) is 0 Å². The Morgan fingerprint density at radius 2 is 2.12 bits per heavy atom. The van der Waals surface area contributed by atoms with Crippen LogP contribution in [0.15, 0.2) is 18.2 Å². The summed E-state index contributed by atoms with van der Waals surface area (Å²) in [7, 11) is 0. The molecule has 1 atom stereocenters. The van der Waals surface area contributed by atoms with E-state index in [1.807, 2.05) is 0 Å². The van der Waals surface area contributed by atoms with Crippen LogP contribution in [0.2, 0.25) is 0 Å². The van der Waals surface area contributed by atoms with Gasteiger partial charge in [0.05, 0.1) is 0 Å². The number of carbonyl (C=O) groups excluding carboxylic acids is 1. The molecule has 0 aromatic heterocycles. The number of benzene rings is 1. The summed E-state index contributed by atoms with van der Waals surface area (Å²) < 4.78 is 0. The topological polar surface area (TPSA) is 20.3 Å². The Hall–Kier alpha value is -1.31. The first-order valence-corrected chi connectivity index (χ1v) is 6.13. The lowest BCUT2D eigenvalue weighted by atomic mass is 10.00. The van der Waals surface area contributed by atoms with Gasteiger partial charge >= 0.3 is 0 Å². The first kappa shape index (κ1) is 11.2. The van der Waals surface area contributed by atoms with Crippen LogP contribution in [0.3, 0.4) is 0 Å². The Labute approximate surface area is 97.3 Å². The predicted molar refractivity (Wildman–Crippen MR) is 67.1 cm³/mol. The number of rotatable bonds is 4. The van der Waals surface area contributed by atoms with Crippen molar-refractivity contribution in [2.24, 2.45) is 0 Å². The highest BCUT2D eigenvalue weighted by Crippen LogP contribution is 2.38. The van der Waals surface area contributed by atoms with Gasteiger partial charge in [-0.05, 0) is 43.9 Å². The van der Waals surface area contributed by atoms with Crippen molar-refractivity contribution >= 4 is 12.0 Å². The van der Waals surface area contributed by atoms with Gasteiger partial charge < -0.3 is 9.69 Å². The second kappa shape index (κ2) is 4.69. The maximum absolute atomic E-state index is 11.1. The smallest absolute Gasteiger partial charge is 0.127 e. The molecule has 1 aromatic rings. The van der Waals surface area contributed by atoms with E-state index in [9.17, 15) is 4.79 Å². The molecule has 2 heteroatoms. The summed E-state index contributed by atoms with van der Waals surface area (Å²) in [6.45, 7) is 6.32. The van der Waals surface area contributed by atoms with Gasteiger partial charge in [-0.1, -0.05) is 12.1 Å². The molecular weight excluding hydrogens is 198 g/mol. The molecule has 0 radical (unpaired) electrons. The Balaban J connectivity index is 2.46. The van der Waals surface area contributed by atoms with Gasteiger partial charge in [0, 0.05) is 24.7 Å². The number of carbonyl (C=O) groups is 1. The molecule has 0 aliphatic heterocycles. The van der Waals surface area contributed by atoms with Crippen molar-refractivity contribution in [3.63, 3.8) is 0 Å². The number of nitrogens with zero attached hydrogens (tertiary/aromatic N) is 1. The summed E-state index contributed by atoms with van der Waals surface area (Å²) in [4.78, 5) is 13.4. The van der Waals surface area contributed by atoms with E-state index in [1.54, 1.807) is 0 Å². The van der Waals surface area contributed by atoms with E-state index in [0.717, 1.165) is 32.2 Å². The Bertz CT molecular complexity index is 382. The zero-order valence-electron chi connectivity index (χ0n) is 10.1. The number of fused-ring (bicyclic) bond motifs is 1. The Morgan fingerprint density at radius 1 is 1.38 bits per heavy atom. The molecular formula is C14H19NO. The fourth-order valence-electron chi connectivity index (χ4n) is 2.68. The largest absolute Gasteiger partial charge is 0.372 e. The summed E-state index contributed by atoms with van der Waals surface area (Å²) in [5.41, 5.74) is 3.90. The molecule has 1 aromatic carbocycles. The first-order chi connectivity index (χ1) is 7.81. The van der Waals surface area contributed by atoms with Crippen LogP contribution in [0.25, 0.3) is 0 Å². The van der Waals surface area contributed by atoms with Crippen LogP contribution in [-0.4, -0.2) is 19.4 Å². The third-order valence-electron chi connectivity index (χ3n) is 3.54. The first-order valence-electron chi connectivity index (χ1n) is 6.13. The van der Waals surface area contributed by atoms with Crippen molar-refractivity contribution in [1.29, 1.82) is 0 Å². The van der Waals surface area contributed by atoms with Gasteiger partial charge in [-0.3, -0.25) is 0 Å². The summed E-state index contributed by atoms with van der Waals surface area (Å²) in [6, 6.07) is 6.42. The van der Waals surface area contributed by atoms with Gasteiger partial charge in [0.2, 0.25) is 0 Å². The van der Waals surface area contributed by atoms with Crippen LogP contribution in [0, 0.1) is 0 Å². The van der Waals surface area contributed by atoms with E-state index < -0.39 is 0 Å². The van der Waals surface area contributed by atoms with E-state index in [4.69, 9.17) is 0 Å². The quantitative estimate of drug-likeness (QED) is 0.723. The minimum absolute atomic E-state index is 0.117. The molecule has 0 fully saturated rings. The zero-order valence-corrected chi connectivity index (χ0v) is 10.1. The lowest BCUT2D eigenvalue weighted by Gasteiger charge is -2.25. The molecule has 0 N–H and O–H groups in total. The molecule has 0 bridgehead atoms. The molecule has 0 spiro atoms. The number of aldehydes is 1. The highest BCUT2D eigenvalue weighted by molar-refractivity contribution is 5.72. The van der Waals surface area contributed by atoms with Crippen molar-refractivity contribution in [2.75, 3.05) is 18.0 Å². The van der Waals surface area contributed by atoms with Gasteiger partial charge in [0.15, 0.2) is 0 Å². The second-order valence-electron chi connectivity index (χ2n) is 4.30. The zero-order chi connectivity index (χ0) is 11.5. The van der Waals surface area contributed by atoms with Gasteiger partial charge in [0.1, 0.15) is 6.29 Å². The van der Waals surface area contributed by atoms with Crippen LogP contribution in [0.4, 0.5) is 5.69 Å². The standard InChI is InChI=1S/C14H19NO/c1-3-15(4-2)13-7-5-6-11-8-9-12(10-16)14(11)13/h5-7,10,12H,3-4,8-9H2,1-2H3. The molecule has 2 rings (SSSR count). The van der Waals surface area contributed by atoms with E-state index >= 15 is 0 Å².